The summed E-state index contributed by atoms with van der Waals surface area (Å²) in [5.74, 6) is 1.72. The summed E-state index contributed by atoms with van der Waals surface area (Å²) in [6.07, 6.45) is 4.11. The van der Waals surface area contributed by atoms with Crippen LogP contribution in [0.1, 0.15) is 44.0 Å². The van der Waals surface area contributed by atoms with Crippen molar-refractivity contribution in [1.82, 2.24) is 15.6 Å². The van der Waals surface area contributed by atoms with Crippen molar-refractivity contribution in [2.75, 3.05) is 31.1 Å². The number of amides is 1. The molecule has 5 heteroatoms. The first-order chi connectivity index (χ1) is 10.6. The molecule has 0 spiro atoms. The smallest absolute Gasteiger partial charge is 0.252 e. The zero-order valence-electron chi connectivity index (χ0n) is 13.9. The minimum atomic E-state index is -0.0592. The second-order valence-electron chi connectivity index (χ2n) is 6.24. The zero-order valence-corrected chi connectivity index (χ0v) is 13.9. The van der Waals surface area contributed by atoms with Gasteiger partial charge in [0.25, 0.3) is 5.91 Å². The van der Waals surface area contributed by atoms with Crippen LogP contribution in [0, 0.1) is 5.92 Å². The van der Waals surface area contributed by atoms with Crippen molar-refractivity contribution in [3.63, 3.8) is 0 Å². The van der Waals surface area contributed by atoms with E-state index in [9.17, 15) is 4.79 Å². The molecular weight excluding hydrogens is 276 g/mol. The van der Waals surface area contributed by atoms with E-state index < -0.39 is 0 Å². The minimum absolute atomic E-state index is 0.0592. The summed E-state index contributed by atoms with van der Waals surface area (Å²) in [6.45, 7) is 10.1. The fourth-order valence-electron chi connectivity index (χ4n) is 2.71. The molecule has 2 heterocycles. The Labute approximate surface area is 133 Å². The van der Waals surface area contributed by atoms with E-state index in [1.807, 2.05) is 12.1 Å². The molecule has 1 fully saturated rings. The van der Waals surface area contributed by atoms with E-state index in [-0.39, 0.29) is 11.9 Å². The van der Waals surface area contributed by atoms with E-state index >= 15 is 0 Å². The molecule has 0 aliphatic carbocycles. The number of nitrogens with one attached hydrogen (secondary N) is 2. The standard InChI is InChI=1S/C17H28N4O/c1-4-18-14(3)11-20-17(22)15-5-6-16(19-12-15)21-9-7-13(2)8-10-21/h5-6,12-14,18H,4,7-11H2,1-3H3,(H,20,22)/t14-/m1/s1. The SMILES string of the molecule is CCN[C@H](C)CNC(=O)c1ccc(N2CCC(C)CC2)nc1. The molecule has 1 aliphatic heterocycles. The van der Waals surface area contributed by atoms with Gasteiger partial charge in [0.05, 0.1) is 5.56 Å². The number of likely N-dealkylation sites (N-methyl/N-ethyl adjacent to an activating group) is 1. The van der Waals surface area contributed by atoms with Crippen molar-refractivity contribution in [3.05, 3.63) is 23.9 Å². The summed E-state index contributed by atoms with van der Waals surface area (Å²) in [6, 6.07) is 4.10. The molecular formula is C17H28N4O. The normalized spacial score (nSPS) is 17.3. The van der Waals surface area contributed by atoms with Gasteiger partial charge in [0.2, 0.25) is 0 Å². The Morgan fingerprint density at radius 2 is 2.14 bits per heavy atom. The number of hydrogen-bond donors (Lipinski definition) is 2. The predicted molar refractivity (Wildman–Crippen MR) is 90.3 cm³/mol. The van der Waals surface area contributed by atoms with Gasteiger partial charge in [-0.25, -0.2) is 4.98 Å². The summed E-state index contributed by atoms with van der Waals surface area (Å²) >= 11 is 0. The monoisotopic (exact) mass is 304 g/mol. The number of carbonyl (C=O) groups is 1. The average molecular weight is 304 g/mol. The number of hydrogen-bond acceptors (Lipinski definition) is 4. The minimum Gasteiger partial charge on any atom is -0.357 e. The molecule has 0 radical (unpaired) electrons. The summed E-state index contributed by atoms with van der Waals surface area (Å²) < 4.78 is 0. The van der Waals surface area contributed by atoms with Gasteiger partial charge in [-0.05, 0) is 44.4 Å². The number of aromatic nitrogens is 1. The molecule has 1 aliphatic rings. The molecule has 1 amide bonds. The van der Waals surface area contributed by atoms with E-state index in [0.717, 1.165) is 31.4 Å². The fraction of sp³-hybridized carbons (Fsp3) is 0.647. The van der Waals surface area contributed by atoms with Crippen molar-refractivity contribution in [3.8, 4) is 0 Å². The van der Waals surface area contributed by atoms with Crippen LogP contribution in [0.4, 0.5) is 5.82 Å². The van der Waals surface area contributed by atoms with Gasteiger partial charge in [0.1, 0.15) is 5.82 Å². The van der Waals surface area contributed by atoms with Crippen LogP contribution in [0.5, 0.6) is 0 Å². The van der Waals surface area contributed by atoms with Gasteiger partial charge in [-0.15, -0.1) is 0 Å². The number of piperidine rings is 1. The van der Waals surface area contributed by atoms with E-state index in [4.69, 9.17) is 0 Å². The summed E-state index contributed by atoms with van der Waals surface area (Å²) in [5.41, 5.74) is 0.623. The van der Waals surface area contributed by atoms with Crippen LogP contribution in [-0.4, -0.2) is 43.1 Å². The Kier molecular flexibility index (Phi) is 6.19. The van der Waals surface area contributed by atoms with E-state index in [1.54, 1.807) is 6.20 Å². The maximum absolute atomic E-state index is 12.1. The third-order valence-corrected chi connectivity index (χ3v) is 4.24. The number of rotatable bonds is 6. The van der Waals surface area contributed by atoms with E-state index in [0.29, 0.717) is 12.1 Å². The van der Waals surface area contributed by atoms with Gasteiger partial charge in [0, 0.05) is 31.9 Å². The molecule has 0 unspecified atom stereocenters. The third kappa shape index (κ3) is 4.70. The Morgan fingerprint density at radius 1 is 1.41 bits per heavy atom. The van der Waals surface area contributed by atoms with E-state index in [1.165, 1.54) is 12.8 Å². The molecule has 5 nitrogen and oxygen atoms in total. The molecule has 1 saturated heterocycles. The van der Waals surface area contributed by atoms with Gasteiger partial charge < -0.3 is 15.5 Å². The average Bonchev–Trinajstić information content (AvgIpc) is 2.54. The van der Waals surface area contributed by atoms with Gasteiger partial charge in [-0.1, -0.05) is 13.8 Å². The highest BCUT2D eigenvalue weighted by molar-refractivity contribution is 5.94. The van der Waals surface area contributed by atoms with Gasteiger partial charge >= 0.3 is 0 Å². The molecule has 122 valence electrons. The van der Waals surface area contributed by atoms with E-state index in [2.05, 4.69) is 41.3 Å². The largest absolute Gasteiger partial charge is 0.357 e. The molecule has 0 aromatic carbocycles. The molecule has 1 aromatic heterocycles. The quantitative estimate of drug-likeness (QED) is 0.844. The third-order valence-electron chi connectivity index (χ3n) is 4.24. The Hall–Kier alpha value is -1.62. The lowest BCUT2D eigenvalue weighted by Gasteiger charge is -2.31. The molecule has 0 saturated carbocycles. The number of carbonyl (C=O) groups excluding carboxylic acids is 1. The van der Waals surface area contributed by atoms with Crippen molar-refractivity contribution in [2.45, 2.75) is 39.7 Å². The number of pyridine rings is 1. The first-order valence-electron chi connectivity index (χ1n) is 8.32. The number of nitrogens with zero attached hydrogens (tertiary/aromatic N) is 2. The maximum atomic E-state index is 12.1. The molecule has 2 N–H and O–H groups in total. The van der Waals surface area contributed by atoms with Gasteiger partial charge in [-0.2, -0.15) is 0 Å². The van der Waals surface area contributed by atoms with Crippen LogP contribution in [0.25, 0.3) is 0 Å². The second kappa shape index (κ2) is 8.13. The van der Waals surface area contributed by atoms with Crippen molar-refractivity contribution < 1.29 is 4.79 Å². The van der Waals surface area contributed by atoms with Crippen LogP contribution in [0.2, 0.25) is 0 Å². The highest BCUT2D eigenvalue weighted by Gasteiger charge is 2.17. The lowest BCUT2D eigenvalue weighted by Crippen LogP contribution is -2.38. The van der Waals surface area contributed by atoms with Crippen molar-refractivity contribution in [1.29, 1.82) is 0 Å². The highest BCUT2D eigenvalue weighted by atomic mass is 16.1. The van der Waals surface area contributed by atoms with Crippen molar-refractivity contribution in [2.24, 2.45) is 5.92 Å². The first kappa shape index (κ1) is 16.7. The Morgan fingerprint density at radius 3 is 2.73 bits per heavy atom. The zero-order chi connectivity index (χ0) is 15.9. The summed E-state index contributed by atoms with van der Waals surface area (Å²) in [4.78, 5) is 18.9. The Balaban J connectivity index is 1.87. The second-order valence-corrected chi connectivity index (χ2v) is 6.24. The topological polar surface area (TPSA) is 57.3 Å². The van der Waals surface area contributed by atoms with Crippen LogP contribution in [-0.2, 0) is 0 Å². The highest BCUT2D eigenvalue weighted by Crippen LogP contribution is 2.21. The summed E-state index contributed by atoms with van der Waals surface area (Å²) in [7, 11) is 0. The van der Waals surface area contributed by atoms with Crippen LogP contribution >= 0.6 is 0 Å². The Bertz CT molecular complexity index is 466. The van der Waals surface area contributed by atoms with Crippen LogP contribution < -0.4 is 15.5 Å². The number of anilines is 1. The molecule has 1 atom stereocenters. The summed E-state index contributed by atoms with van der Waals surface area (Å²) in [5, 5.41) is 6.20. The van der Waals surface area contributed by atoms with Crippen molar-refractivity contribution >= 4 is 11.7 Å². The molecule has 2 rings (SSSR count). The van der Waals surface area contributed by atoms with Gasteiger partial charge in [0.15, 0.2) is 0 Å². The fourth-order valence-corrected chi connectivity index (χ4v) is 2.71. The predicted octanol–water partition coefficient (Wildman–Crippen LogP) is 2.05. The molecule has 22 heavy (non-hydrogen) atoms. The first-order valence-corrected chi connectivity index (χ1v) is 8.32. The van der Waals surface area contributed by atoms with Crippen LogP contribution in [0.15, 0.2) is 18.3 Å². The molecule has 1 aromatic rings. The van der Waals surface area contributed by atoms with Crippen LogP contribution in [0.3, 0.4) is 0 Å². The maximum Gasteiger partial charge on any atom is 0.252 e. The molecule has 0 bridgehead atoms. The van der Waals surface area contributed by atoms with Gasteiger partial charge in [-0.3, -0.25) is 4.79 Å². The lowest BCUT2D eigenvalue weighted by molar-refractivity contribution is 0.0950. The lowest BCUT2D eigenvalue weighted by atomic mass is 9.99.